The minimum atomic E-state index is -0.574. The van der Waals surface area contributed by atoms with E-state index in [1.807, 2.05) is 13.0 Å². The SMILES string of the molecule is C=C1CN2CCC[C@@]2(COc2nc3c4c(nc(-c5c(CC)c(Cl)cc6[nH]ncc56)c(F)c4n2)OC[C@@H]2COCCCN32)C1. The van der Waals surface area contributed by atoms with E-state index in [-0.39, 0.29) is 34.7 Å². The lowest BCUT2D eigenvalue weighted by Gasteiger charge is -2.31. The van der Waals surface area contributed by atoms with Crippen LogP contribution >= 0.6 is 11.6 Å². The van der Waals surface area contributed by atoms with Gasteiger partial charge in [-0.1, -0.05) is 30.7 Å². The van der Waals surface area contributed by atoms with Gasteiger partial charge < -0.3 is 19.1 Å². The van der Waals surface area contributed by atoms with Gasteiger partial charge in [0.1, 0.15) is 35.6 Å². The van der Waals surface area contributed by atoms with Crippen LogP contribution in [0.25, 0.3) is 33.1 Å². The van der Waals surface area contributed by atoms with Gasteiger partial charge in [0.2, 0.25) is 5.88 Å². The summed E-state index contributed by atoms with van der Waals surface area (Å²) in [5.41, 5.74) is 3.36. The number of fused-ring (bicyclic) bond motifs is 4. The molecule has 224 valence electrons. The van der Waals surface area contributed by atoms with Gasteiger partial charge in [0.05, 0.1) is 29.9 Å². The number of nitrogens with zero attached hydrogens (tertiary/aromatic N) is 6. The maximum atomic E-state index is 17.0. The van der Waals surface area contributed by atoms with Crippen LogP contribution in [0.5, 0.6) is 11.9 Å². The number of ether oxygens (including phenoxy) is 3. The molecular formula is C31H33ClFN7O3. The van der Waals surface area contributed by atoms with E-state index in [9.17, 15) is 0 Å². The third-order valence-corrected chi connectivity index (χ3v) is 9.77. The zero-order valence-corrected chi connectivity index (χ0v) is 24.8. The highest BCUT2D eigenvalue weighted by Gasteiger charge is 2.46. The van der Waals surface area contributed by atoms with Gasteiger partial charge in [-0.2, -0.15) is 15.1 Å². The second-order valence-corrected chi connectivity index (χ2v) is 12.5. The van der Waals surface area contributed by atoms with Crippen LogP contribution < -0.4 is 14.4 Å². The van der Waals surface area contributed by atoms with E-state index < -0.39 is 5.82 Å². The van der Waals surface area contributed by atoms with Gasteiger partial charge in [-0.25, -0.2) is 9.37 Å². The molecule has 0 aliphatic carbocycles. The Balaban J connectivity index is 1.32. The molecule has 3 saturated heterocycles. The molecule has 1 N–H and O–H groups in total. The predicted molar refractivity (Wildman–Crippen MR) is 162 cm³/mol. The molecular weight excluding hydrogens is 573 g/mol. The number of pyridine rings is 1. The van der Waals surface area contributed by atoms with Gasteiger partial charge in [-0.15, -0.1) is 0 Å². The van der Waals surface area contributed by atoms with Crippen molar-refractivity contribution in [2.24, 2.45) is 0 Å². The van der Waals surface area contributed by atoms with Crippen LogP contribution in [0.2, 0.25) is 5.02 Å². The second kappa shape index (κ2) is 10.3. The van der Waals surface area contributed by atoms with Crippen molar-refractivity contribution >= 4 is 39.2 Å². The van der Waals surface area contributed by atoms with Gasteiger partial charge in [-0.3, -0.25) is 10.00 Å². The number of aromatic nitrogens is 5. The Labute approximate surface area is 253 Å². The first-order valence-corrected chi connectivity index (χ1v) is 15.4. The van der Waals surface area contributed by atoms with Crippen molar-refractivity contribution in [3.63, 3.8) is 0 Å². The number of rotatable bonds is 5. The summed E-state index contributed by atoms with van der Waals surface area (Å²) >= 11 is 6.70. The minimum Gasteiger partial charge on any atom is -0.475 e. The van der Waals surface area contributed by atoms with Crippen molar-refractivity contribution in [3.8, 4) is 23.1 Å². The molecule has 12 heteroatoms. The minimum absolute atomic E-state index is 0.112. The molecule has 3 aromatic heterocycles. The smallest absolute Gasteiger partial charge is 0.319 e. The van der Waals surface area contributed by atoms with Crippen LogP contribution in [0, 0.1) is 5.82 Å². The summed E-state index contributed by atoms with van der Waals surface area (Å²) in [5.74, 6) is 0.273. The summed E-state index contributed by atoms with van der Waals surface area (Å²) in [5, 5.41) is 8.84. The quantitative estimate of drug-likeness (QED) is 0.312. The van der Waals surface area contributed by atoms with E-state index in [0.29, 0.717) is 66.7 Å². The van der Waals surface area contributed by atoms with E-state index in [1.54, 1.807) is 6.20 Å². The standard InChI is InChI=1S/C31H33ClFN7O3/c1-3-19-21(32)10-22-20(12-34-38-22)23(19)26-25(33)27-24-28(40-8-5-9-41-14-18(40)15-42-29(24)35-26)37-30(36-27)43-16-31-6-4-7-39(31)13-17(2)11-31/h10,12,18H,2-9,11,13-16H2,1H3,(H,34,38)/t18-,31-/m0/s1. The van der Waals surface area contributed by atoms with Crippen molar-refractivity contribution in [2.75, 3.05) is 51.0 Å². The number of benzene rings is 1. The van der Waals surface area contributed by atoms with E-state index in [2.05, 4.69) is 26.6 Å². The zero-order chi connectivity index (χ0) is 29.3. The first-order valence-electron chi connectivity index (χ1n) is 15.0. The van der Waals surface area contributed by atoms with E-state index in [0.717, 1.165) is 49.7 Å². The first kappa shape index (κ1) is 27.0. The topological polar surface area (TPSA) is 102 Å². The number of nitrogens with one attached hydrogen (secondary N) is 1. The van der Waals surface area contributed by atoms with Gasteiger partial charge in [0.25, 0.3) is 0 Å². The van der Waals surface area contributed by atoms with Gasteiger partial charge >= 0.3 is 6.01 Å². The number of aromatic amines is 1. The Hall–Kier alpha value is -3.54. The lowest BCUT2D eigenvalue weighted by Crippen LogP contribution is -2.43. The average Bonchev–Trinajstić information content (AvgIpc) is 3.60. The fraction of sp³-hybridized carbons (Fsp3) is 0.484. The van der Waals surface area contributed by atoms with Crippen molar-refractivity contribution in [1.82, 2.24) is 30.0 Å². The fourth-order valence-corrected chi connectivity index (χ4v) is 7.77. The lowest BCUT2D eigenvalue weighted by atomic mass is 9.94. The lowest BCUT2D eigenvalue weighted by molar-refractivity contribution is 0.108. The largest absolute Gasteiger partial charge is 0.475 e. The van der Waals surface area contributed by atoms with Crippen LogP contribution in [-0.4, -0.2) is 87.7 Å². The van der Waals surface area contributed by atoms with Gasteiger partial charge in [-0.05, 0) is 50.3 Å². The molecule has 4 aliphatic heterocycles. The molecule has 7 heterocycles. The van der Waals surface area contributed by atoms with Crippen LogP contribution in [0.3, 0.4) is 0 Å². The van der Waals surface area contributed by atoms with Crippen molar-refractivity contribution in [2.45, 2.75) is 50.6 Å². The van der Waals surface area contributed by atoms with Crippen molar-refractivity contribution in [3.05, 3.63) is 40.8 Å². The number of H-pyrrole nitrogens is 1. The highest BCUT2D eigenvalue weighted by Crippen LogP contribution is 2.45. The third-order valence-electron chi connectivity index (χ3n) is 9.43. The Kier molecular flexibility index (Phi) is 6.46. The predicted octanol–water partition coefficient (Wildman–Crippen LogP) is 5.08. The van der Waals surface area contributed by atoms with Crippen LogP contribution in [0.4, 0.5) is 10.2 Å². The number of anilines is 1. The second-order valence-electron chi connectivity index (χ2n) is 12.1. The fourth-order valence-electron chi connectivity index (χ4n) is 7.43. The van der Waals surface area contributed by atoms with Gasteiger partial charge in [0, 0.05) is 35.7 Å². The molecule has 0 spiro atoms. The molecule has 8 rings (SSSR count). The summed E-state index contributed by atoms with van der Waals surface area (Å²) in [6, 6.07) is 1.84. The van der Waals surface area contributed by atoms with Crippen LogP contribution in [-0.2, 0) is 11.2 Å². The van der Waals surface area contributed by atoms with Crippen LogP contribution in [0.1, 0.15) is 38.2 Å². The van der Waals surface area contributed by atoms with E-state index in [4.69, 9.17) is 40.8 Å². The molecule has 0 unspecified atom stereocenters. The highest BCUT2D eigenvalue weighted by molar-refractivity contribution is 6.33. The van der Waals surface area contributed by atoms with Crippen molar-refractivity contribution in [1.29, 1.82) is 0 Å². The van der Waals surface area contributed by atoms with Crippen LogP contribution in [0.15, 0.2) is 24.4 Å². The Morgan fingerprint density at radius 1 is 1.23 bits per heavy atom. The van der Waals surface area contributed by atoms with Gasteiger partial charge in [0.15, 0.2) is 5.82 Å². The summed E-state index contributed by atoms with van der Waals surface area (Å²) in [4.78, 5) is 19.0. The summed E-state index contributed by atoms with van der Waals surface area (Å²) < 4.78 is 35.6. The van der Waals surface area contributed by atoms with E-state index in [1.165, 1.54) is 5.57 Å². The molecule has 1 aromatic carbocycles. The third kappa shape index (κ3) is 4.27. The van der Waals surface area contributed by atoms with E-state index >= 15 is 4.39 Å². The zero-order valence-electron chi connectivity index (χ0n) is 24.1. The maximum Gasteiger partial charge on any atom is 0.319 e. The number of hydrogen-bond donors (Lipinski definition) is 1. The number of halogens is 2. The summed E-state index contributed by atoms with van der Waals surface area (Å²) in [6.45, 7) is 10.7. The number of hydrogen-bond acceptors (Lipinski definition) is 9. The maximum absolute atomic E-state index is 17.0. The molecule has 4 aromatic rings. The first-order chi connectivity index (χ1) is 21.0. The monoisotopic (exact) mass is 605 g/mol. The molecule has 10 nitrogen and oxygen atoms in total. The van der Waals surface area contributed by atoms with Crippen molar-refractivity contribution < 1.29 is 18.6 Å². The summed E-state index contributed by atoms with van der Waals surface area (Å²) in [7, 11) is 0. The molecule has 3 fully saturated rings. The molecule has 43 heavy (non-hydrogen) atoms. The molecule has 0 radical (unpaired) electrons. The highest BCUT2D eigenvalue weighted by atomic mass is 35.5. The normalized spacial score (nSPS) is 23.7. The molecule has 4 aliphatic rings. The Morgan fingerprint density at radius 2 is 2.14 bits per heavy atom. The molecule has 0 amide bonds. The summed E-state index contributed by atoms with van der Waals surface area (Å²) in [6.07, 6.45) is 6.07. The molecule has 2 atom stereocenters. The molecule has 0 saturated carbocycles. The Morgan fingerprint density at radius 3 is 3.02 bits per heavy atom. The Bertz CT molecular complexity index is 1780. The average molecular weight is 606 g/mol. The molecule has 0 bridgehead atoms.